The van der Waals surface area contributed by atoms with Crippen LogP contribution < -0.4 is 5.32 Å². The molecule has 0 saturated heterocycles. The fourth-order valence-corrected chi connectivity index (χ4v) is 3.38. The predicted molar refractivity (Wildman–Crippen MR) is 83.3 cm³/mol. The summed E-state index contributed by atoms with van der Waals surface area (Å²) in [6, 6.07) is 5.60. The minimum atomic E-state index is 0.478. The van der Waals surface area contributed by atoms with Gasteiger partial charge >= 0.3 is 0 Å². The summed E-state index contributed by atoms with van der Waals surface area (Å²) in [5.41, 5.74) is 0. The molecule has 2 heteroatoms. The van der Waals surface area contributed by atoms with Crippen molar-refractivity contribution in [2.75, 3.05) is 0 Å². The number of nitrogens with one attached hydrogen (secondary N) is 1. The summed E-state index contributed by atoms with van der Waals surface area (Å²) in [7, 11) is 0. The first-order valence-corrected chi connectivity index (χ1v) is 8.02. The average Bonchev–Trinajstić information content (AvgIpc) is 2.62. The van der Waals surface area contributed by atoms with Crippen molar-refractivity contribution in [2.45, 2.75) is 66.5 Å². The SMILES string of the molecule is Cc1ccc(C(C)NC(CC(C)C)CC(C)C)s1. The van der Waals surface area contributed by atoms with Gasteiger partial charge in [-0.15, -0.1) is 11.3 Å². The molecule has 104 valence electrons. The fourth-order valence-electron chi connectivity index (χ4n) is 2.49. The third-order valence-corrected chi connectivity index (χ3v) is 4.37. The quantitative estimate of drug-likeness (QED) is 0.719. The zero-order valence-corrected chi connectivity index (χ0v) is 13.6. The van der Waals surface area contributed by atoms with Gasteiger partial charge in [0.25, 0.3) is 0 Å². The monoisotopic (exact) mass is 267 g/mol. The van der Waals surface area contributed by atoms with Gasteiger partial charge in [0.15, 0.2) is 0 Å². The maximum Gasteiger partial charge on any atom is 0.0388 e. The zero-order chi connectivity index (χ0) is 13.7. The molecule has 1 aromatic heterocycles. The number of aryl methyl sites for hydroxylation is 1. The second kappa shape index (κ2) is 7.30. The standard InChI is InChI=1S/C16H29NS/c1-11(2)9-15(10-12(3)4)17-14(6)16-8-7-13(5)18-16/h7-8,11-12,14-15,17H,9-10H2,1-6H3. The van der Waals surface area contributed by atoms with E-state index in [1.807, 2.05) is 11.3 Å². The van der Waals surface area contributed by atoms with Crippen LogP contribution in [-0.4, -0.2) is 6.04 Å². The molecule has 18 heavy (non-hydrogen) atoms. The third kappa shape index (κ3) is 5.53. The van der Waals surface area contributed by atoms with Crippen molar-refractivity contribution in [1.29, 1.82) is 0 Å². The van der Waals surface area contributed by atoms with E-state index in [0.29, 0.717) is 12.1 Å². The molecular formula is C16H29NS. The Balaban J connectivity index is 2.58. The number of rotatable bonds is 7. The zero-order valence-electron chi connectivity index (χ0n) is 12.8. The van der Waals surface area contributed by atoms with Crippen molar-refractivity contribution in [3.63, 3.8) is 0 Å². The lowest BCUT2D eigenvalue weighted by molar-refractivity contribution is 0.337. The lowest BCUT2D eigenvalue weighted by Gasteiger charge is -2.26. The summed E-state index contributed by atoms with van der Waals surface area (Å²) in [4.78, 5) is 2.87. The first-order chi connectivity index (χ1) is 8.38. The lowest BCUT2D eigenvalue weighted by Crippen LogP contribution is -2.33. The Morgan fingerprint density at radius 2 is 1.56 bits per heavy atom. The molecule has 1 nitrogen and oxygen atoms in total. The van der Waals surface area contributed by atoms with E-state index in [2.05, 4.69) is 59.0 Å². The van der Waals surface area contributed by atoms with E-state index in [1.54, 1.807) is 0 Å². The van der Waals surface area contributed by atoms with Gasteiger partial charge in [0, 0.05) is 21.8 Å². The van der Waals surface area contributed by atoms with Gasteiger partial charge in [0.1, 0.15) is 0 Å². The summed E-state index contributed by atoms with van der Waals surface area (Å²) < 4.78 is 0. The summed E-state index contributed by atoms with van der Waals surface area (Å²) in [6.07, 6.45) is 2.54. The van der Waals surface area contributed by atoms with Crippen molar-refractivity contribution < 1.29 is 0 Å². The van der Waals surface area contributed by atoms with E-state index in [4.69, 9.17) is 0 Å². The molecule has 0 radical (unpaired) electrons. The van der Waals surface area contributed by atoms with Crippen molar-refractivity contribution in [3.05, 3.63) is 21.9 Å². The minimum absolute atomic E-state index is 0.478. The van der Waals surface area contributed by atoms with Crippen LogP contribution in [0.2, 0.25) is 0 Å². The minimum Gasteiger partial charge on any atom is -0.307 e. The molecule has 1 unspecified atom stereocenters. The van der Waals surface area contributed by atoms with Crippen LogP contribution in [0.3, 0.4) is 0 Å². The number of hydrogen-bond donors (Lipinski definition) is 1. The van der Waals surface area contributed by atoms with Crippen molar-refractivity contribution in [2.24, 2.45) is 11.8 Å². The molecule has 0 amide bonds. The molecule has 0 aliphatic heterocycles. The van der Waals surface area contributed by atoms with Crippen LogP contribution in [0, 0.1) is 18.8 Å². The smallest absolute Gasteiger partial charge is 0.0388 e. The highest BCUT2D eigenvalue weighted by molar-refractivity contribution is 7.12. The van der Waals surface area contributed by atoms with Gasteiger partial charge in [-0.25, -0.2) is 0 Å². The molecule has 1 aromatic rings. The second-order valence-corrected chi connectivity index (χ2v) is 7.61. The van der Waals surface area contributed by atoms with Crippen LogP contribution in [-0.2, 0) is 0 Å². The molecule has 0 aliphatic carbocycles. The molecule has 0 fully saturated rings. The largest absolute Gasteiger partial charge is 0.307 e. The van der Waals surface area contributed by atoms with Gasteiger partial charge in [-0.1, -0.05) is 27.7 Å². The van der Waals surface area contributed by atoms with Gasteiger partial charge in [0.2, 0.25) is 0 Å². The van der Waals surface area contributed by atoms with E-state index < -0.39 is 0 Å². The fraction of sp³-hybridized carbons (Fsp3) is 0.750. The third-order valence-electron chi connectivity index (χ3n) is 3.19. The number of hydrogen-bond acceptors (Lipinski definition) is 2. The first-order valence-electron chi connectivity index (χ1n) is 7.20. The molecular weight excluding hydrogens is 238 g/mol. The molecule has 0 bridgehead atoms. The van der Waals surface area contributed by atoms with Gasteiger partial charge < -0.3 is 5.32 Å². The van der Waals surface area contributed by atoms with Gasteiger partial charge in [-0.2, -0.15) is 0 Å². The van der Waals surface area contributed by atoms with Crippen LogP contribution in [0.4, 0.5) is 0 Å². The van der Waals surface area contributed by atoms with Crippen LogP contribution in [0.5, 0.6) is 0 Å². The highest BCUT2D eigenvalue weighted by Gasteiger charge is 2.16. The Bertz CT molecular complexity index is 331. The summed E-state index contributed by atoms with van der Waals surface area (Å²) >= 11 is 1.91. The molecule has 1 N–H and O–H groups in total. The van der Waals surface area contributed by atoms with Gasteiger partial charge in [-0.3, -0.25) is 0 Å². The van der Waals surface area contributed by atoms with Gasteiger partial charge in [0.05, 0.1) is 0 Å². The Labute approximate surface area is 117 Å². The lowest BCUT2D eigenvalue weighted by atomic mass is 9.95. The molecule has 1 rings (SSSR count). The number of thiophene rings is 1. The molecule has 1 atom stereocenters. The van der Waals surface area contributed by atoms with E-state index >= 15 is 0 Å². The molecule has 0 aromatic carbocycles. The molecule has 0 spiro atoms. The summed E-state index contributed by atoms with van der Waals surface area (Å²) in [5, 5.41) is 3.82. The van der Waals surface area contributed by atoms with E-state index in [1.165, 1.54) is 22.6 Å². The van der Waals surface area contributed by atoms with Gasteiger partial charge in [-0.05, 0) is 50.7 Å². The molecule has 1 heterocycles. The Morgan fingerprint density at radius 3 is 1.94 bits per heavy atom. The van der Waals surface area contributed by atoms with E-state index in [-0.39, 0.29) is 0 Å². The van der Waals surface area contributed by atoms with Crippen LogP contribution >= 0.6 is 11.3 Å². The summed E-state index contributed by atoms with van der Waals surface area (Å²) in [6.45, 7) is 13.7. The predicted octanol–water partition coefficient (Wildman–Crippen LogP) is 5.17. The molecule has 0 saturated carbocycles. The maximum absolute atomic E-state index is 3.82. The first kappa shape index (κ1) is 15.7. The van der Waals surface area contributed by atoms with Crippen molar-refractivity contribution >= 4 is 11.3 Å². The van der Waals surface area contributed by atoms with Crippen LogP contribution in [0.1, 0.15) is 63.3 Å². The Morgan fingerprint density at radius 1 is 1.00 bits per heavy atom. The van der Waals surface area contributed by atoms with E-state index in [9.17, 15) is 0 Å². The van der Waals surface area contributed by atoms with Crippen LogP contribution in [0.25, 0.3) is 0 Å². The molecule has 0 aliphatic rings. The van der Waals surface area contributed by atoms with Crippen molar-refractivity contribution in [3.8, 4) is 0 Å². The Kier molecular flexibility index (Phi) is 6.37. The van der Waals surface area contributed by atoms with Crippen molar-refractivity contribution in [1.82, 2.24) is 5.32 Å². The Hall–Kier alpha value is -0.340. The average molecular weight is 267 g/mol. The van der Waals surface area contributed by atoms with Crippen LogP contribution in [0.15, 0.2) is 12.1 Å². The highest BCUT2D eigenvalue weighted by atomic mass is 32.1. The van der Waals surface area contributed by atoms with E-state index in [0.717, 1.165) is 11.8 Å². The normalized spacial score (nSPS) is 13.8. The summed E-state index contributed by atoms with van der Waals surface area (Å²) in [5.74, 6) is 1.53. The maximum atomic E-state index is 3.82. The highest BCUT2D eigenvalue weighted by Crippen LogP contribution is 2.24. The second-order valence-electron chi connectivity index (χ2n) is 6.29. The topological polar surface area (TPSA) is 12.0 Å².